The average molecular weight is 262 g/mol. The molecule has 2 N–H and O–H groups in total. The van der Waals surface area contributed by atoms with Gasteiger partial charge in [0.25, 0.3) is 0 Å². The first kappa shape index (κ1) is 13.1. The molecular formula is C13H14N2O4. The number of nitrogens with one attached hydrogen (secondary N) is 1. The number of hydrogen-bond acceptors (Lipinski definition) is 4. The molecule has 2 aromatic rings. The summed E-state index contributed by atoms with van der Waals surface area (Å²) >= 11 is 0. The molecule has 0 aliphatic rings. The van der Waals surface area contributed by atoms with Gasteiger partial charge >= 0.3 is 5.97 Å². The summed E-state index contributed by atoms with van der Waals surface area (Å²) in [6.45, 7) is 1.64. The summed E-state index contributed by atoms with van der Waals surface area (Å²) in [6, 6.07) is 7.27. The van der Waals surface area contributed by atoms with Crippen molar-refractivity contribution in [3.8, 4) is 0 Å². The summed E-state index contributed by atoms with van der Waals surface area (Å²) in [7, 11) is 0. The fourth-order valence-corrected chi connectivity index (χ4v) is 1.63. The Labute approximate surface area is 109 Å². The van der Waals surface area contributed by atoms with Gasteiger partial charge in [-0.2, -0.15) is 0 Å². The summed E-state index contributed by atoms with van der Waals surface area (Å²) in [5.74, 6) is -1.82. The first-order chi connectivity index (χ1) is 9.08. The average Bonchev–Trinajstić information content (AvgIpc) is 2.79. The van der Waals surface area contributed by atoms with E-state index in [2.05, 4.69) is 10.5 Å². The fourth-order valence-electron chi connectivity index (χ4n) is 1.63. The molecule has 0 spiro atoms. The van der Waals surface area contributed by atoms with Crippen LogP contribution in [0.3, 0.4) is 0 Å². The van der Waals surface area contributed by atoms with Gasteiger partial charge in [0.2, 0.25) is 5.91 Å². The third-order valence-corrected chi connectivity index (χ3v) is 2.81. The van der Waals surface area contributed by atoms with Crippen molar-refractivity contribution in [3.05, 3.63) is 30.0 Å². The highest BCUT2D eigenvalue weighted by atomic mass is 16.5. The number of carbonyl (C=O) groups is 2. The van der Waals surface area contributed by atoms with Crippen LogP contribution in [0.2, 0.25) is 0 Å². The van der Waals surface area contributed by atoms with Crippen molar-refractivity contribution in [1.82, 2.24) is 10.5 Å². The second kappa shape index (κ2) is 5.51. The van der Waals surface area contributed by atoms with Crippen LogP contribution in [0.25, 0.3) is 11.0 Å². The molecule has 1 aromatic carbocycles. The van der Waals surface area contributed by atoms with E-state index in [0.717, 1.165) is 5.39 Å². The molecule has 0 bridgehead atoms. The van der Waals surface area contributed by atoms with Gasteiger partial charge in [-0.25, -0.2) is 0 Å². The highest BCUT2D eigenvalue weighted by Crippen LogP contribution is 2.17. The second-order valence-corrected chi connectivity index (χ2v) is 4.35. The molecule has 1 heterocycles. The van der Waals surface area contributed by atoms with Crippen molar-refractivity contribution >= 4 is 22.8 Å². The molecule has 1 unspecified atom stereocenters. The lowest BCUT2D eigenvalue weighted by Crippen LogP contribution is -2.32. The lowest BCUT2D eigenvalue weighted by atomic mass is 10.1. The summed E-state index contributed by atoms with van der Waals surface area (Å²) in [6.07, 6.45) is 0.0728. The van der Waals surface area contributed by atoms with E-state index in [-0.39, 0.29) is 18.9 Å². The fraction of sp³-hybridized carbons (Fsp3) is 0.308. The van der Waals surface area contributed by atoms with Crippen molar-refractivity contribution in [2.75, 3.05) is 6.54 Å². The Balaban J connectivity index is 1.97. The van der Waals surface area contributed by atoms with Gasteiger partial charge in [-0.3, -0.25) is 9.59 Å². The maximum absolute atomic E-state index is 11.7. The molecule has 0 saturated heterocycles. The minimum absolute atomic E-state index is 0.0728. The van der Waals surface area contributed by atoms with Crippen LogP contribution in [0.1, 0.15) is 12.6 Å². The number of amides is 1. The Morgan fingerprint density at radius 2 is 2.16 bits per heavy atom. The molecule has 0 aliphatic heterocycles. The lowest BCUT2D eigenvalue weighted by Gasteiger charge is -2.07. The van der Waals surface area contributed by atoms with E-state index in [9.17, 15) is 9.59 Å². The van der Waals surface area contributed by atoms with Gasteiger partial charge in [-0.05, 0) is 12.1 Å². The number of aromatic nitrogens is 1. The van der Waals surface area contributed by atoms with E-state index in [4.69, 9.17) is 9.63 Å². The molecule has 0 saturated carbocycles. The molecule has 6 heteroatoms. The number of para-hydroxylation sites is 1. The van der Waals surface area contributed by atoms with Crippen molar-refractivity contribution in [3.63, 3.8) is 0 Å². The number of rotatable bonds is 5. The summed E-state index contributed by atoms with van der Waals surface area (Å²) in [5, 5.41) is 15.9. The predicted molar refractivity (Wildman–Crippen MR) is 67.5 cm³/mol. The van der Waals surface area contributed by atoms with Crippen LogP contribution in [0.5, 0.6) is 0 Å². The van der Waals surface area contributed by atoms with E-state index in [0.29, 0.717) is 11.3 Å². The number of carboxylic acid groups (broad SMARTS) is 1. The topological polar surface area (TPSA) is 92.4 Å². The number of carboxylic acids is 1. The van der Waals surface area contributed by atoms with Gasteiger partial charge in [0.15, 0.2) is 5.58 Å². The molecule has 6 nitrogen and oxygen atoms in total. The molecule has 1 amide bonds. The minimum Gasteiger partial charge on any atom is -0.481 e. The number of aliphatic carboxylic acids is 1. The monoisotopic (exact) mass is 262 g/mol. The summed E-state index contributed by atoms with van der Waals surface area (Å²) < 4.78 is 5.09. The number of nitrogens with zero attached hydrogens (tertiary/aromatic N) is 1. The highest BCUT2D eigenvalue weighted by Gasteiger charge is 2.15. The van der Waals surface area contributed by atoms with Gasteiger partial charge in [0.05, 0.1) is 12.3 Å². The van der Waals surface area contributed by atoms with E-state index in [1.165, 1.54) is 6.92 Å². The molecule has 0 aliphatic carbocycles. The van der Waals surface area contributed by atoms with Gasteiger partial charge in [-0.1, -0.05) is 24.2 Å². The van der Waals surface area contributed by atoms with Crippen LogP contribution in [-0.4, -0.2) is 28.7 Å². The molecule has 1 aromatic heterocycles. The Kier molecular flexibility index (Phi) is 3.79. The van der Waals surface area contributed by atoms with E-state index in [1.807, 2.05) is 18.2 Å². The van der Waals surface area contributed by atoms with Gasteiger partial charge in [-0.15, -0.1) is 0 Å². The number of fused-ring (bicyclic) bond motifs is 1. The minimum atomic E-state index is -0.938. The zero-order valence-corrected chi connectivity index (χ0v) is 10.4. The second-order valence-electron chi connectivity index (χ2n) is 4.35. The summed E-state index contributed by atoms with van der Waals surface area (Å²) in [5.41, 5.74) is 1.18. The van der Waals surface area contributed by atoms with Crippen LogP contribution < -0.4 is 5.32 Å². The quantitative estimate of drug-likeness (QED) is 0.844. The van der Waals surface area contributed by atoms with Crippen molar-refractivity contribution in [2.24, 2.45) is 5.92 Å². The van der Waals surface area contributed by atoms with E-state index in [1.54, 1.807) is 6.07 Å². The molecule has 2 rings (SSSR count). The van der Waals surface area contributed by atoms with E-state index < -0.39 is 11.9 Å². The smallest absolute Gasteiger partial charge is 0.308 e. The predicted octanol–water partition coefficient (Wildman–Crippen LogP) is 1.21. The van der Waals surface area contributed by atoms with Crippen molar-refractivity contribution in [2.45, 2.75) is 13.3 Å². The number of carbonyl (C=O) groups excluding carboxylic acids is 1. The van der Waals surface area contributed by atoms with Gasteiger partial charge in [0, 0.05) is 11.9 Å². The van der Waals surface area contributed by atoms with Gasteiger partial charge in [0.1, 0.15) is 5.69 Å². The van der Waals surface area contributed by atoms with E-state index >= 15 is 0 Å². The van der Waals surface area contributed by atoms with Crippen LogP contribution in [0.4, 0.5) is 0 Å². The Bertz CT molecular complexity index is 605. The van der Waals surface area contributed by atoms with Crippen molar-refractivity contribution in [1.29, 1.82) is 0 Å². The molecular weight excluding hydrogens is 248 g/mol. The standard InChI is InChI=1S/C13H14N2O4/c1-8(13(17)18)7-14-12(16)6-10-9-4-2-3-5-11(9)19-15-10/h2-5,8H,6-7H2,1H3,(H,14,16)(H,17,18). The normalized spacial score (nSPS) is 12.3. The van der Waals surface area contributed by atoms with Crippen LogP contribution in [0, 0.1) is 5.92 Å². The third-order valence-electron chi connectivity index (χ3n) is 2.81. The summed E-state index contributed by atoms with van der Waals surface area (Å²) in [4.78, 5) is 22.3. The zero-order valence-electron chi connectivity index (χ0n) is 10.4. The van der Waals surface area contributed by atoms with Crippen LogP contribution in [0.15, 0.2) is 28.8 Å². The van der Waals surface area contributed by atoms with Crippen LogP contribution in [-0.2, 0) is 16.0 Å². The van der Waals surface area contributed by atoms with Crippen molar-refractivity contribution < 1.29 is 19.2 Å². The molecule has 0 fully saturated rings. The first-order valence-corrected chi connectivity index (χ1v) is 5.90. The SMILES string of the molecule is CC(CNC(=O)Cc1noc2ccccc12)C(=O)O. The maximum atomic E-state index is 11.7. The largest absolute Gasteiger partial charge is 0.481 e. The first-order valence-electron chi connectivity index (χ1n) is 5.90. The highest BCUT2D eigenvalue weighted by molar-refractivity contribution is 5.86. The zero-order chi connectivity index (χ0) is 13.8. The molecule has 1 atom stereocenters. The maximum Gasteiger partial charge on any atom is 0.308 e. The number of benzene rings is 1. The molecule has 19 heavy (non-hydrogen) atoms. The van der Waals surface area contributed by atoms with Crippen LogP contribution >= 0.6 is 0 Å². The third kappa shape index (κ3) is 3.09. The van der Waals surface area contributed by atoms with Gasteiger partial charge < -0.3 is 14.9 Å². The Morgan fingerprint density at radius 1 is 1.42 bits per heavy atom. The molecule has 0 radical (unpaired) electrons. The Hall–Kier alpha value is -2.37. The lowest BCUT2D eigenvalue weighted by molar-refractivity contribution is -0.141. The molecule has 100 valence electrons. The number of hydrogen-bond donors (Lipinski definition) is 2. The Morgan fingerprint density at radius 3 is 2.89 bits per heavy atom.